The van der Waals surface area contributed by atoms with Crippen molar-refractivity contribution in [3.05, 3.63) is 6.07 Å². The quantitative estimate of drug-likeness (QED) is 0.255. The third kappa shape index (κ3) is 13.6. The standard InChI is InChI=1S/C23H44N4O/c1-3-5-7-8-9-10-11-12-13-14-15-16-17-18-25-21-20-22(27-23(24)26-21)28-19-6-4-2/h20H,3-19H2,1-2H3,(H3,24,25,26,27). The highest BCUT2D eigenvalue weighted by atomic mass is 16.5. The number of hydrogen-bond donors (Lipinski definition) is 2. The molecule has 0 amide bonds. The molecule has 3 N–H and O–H groups in total. The molecular formula is C23H44N4O. The predicted octanol–water partition coefficient (Wildman–Crippen LogP) is 6.74. The average molecular weight is 393 g/mol. The van der Waals surface area contributed by atoms with E-state index in [2.05, 4.69) is 29.1 Å². The minimum atomic E-state index is 0.266. The van der Waals surface area contributed by atoms with E-state index < -0.39 is 0 Å². The SMILES string of the molecule is CCCCCCCCCCCCCCCNc1cc(OCCCC)nc(N)n1. The first-order valence-electron chi connectivity index (χ1n) is 11.8. The number of nitrogen functional groups attached to an aromatic ring is 1. The van der Waals surface area contributed by atoms with Gasteiger partial charge < -0.3 is 15.8 Å². The first-order chi connectivity index (χ1) is 13.8. The summed E-state index contributed by atoms with van der Waals surface area (Å²) in [5.41, 5.74) is 5.77. The minimum Gasteiger partial charge on any atom is -0.477 e. The van der Waals surface area contributed by atoms with Gasteiger partial charge in [0.15, 0.2) is 0 Å². The molecule has 5 heteroatoms. The van der Waals surface area contributed by atoms with Crippen molar-refractivity contribution in [3.8, 4) is 5.88 Å². The maximum Gasteiger partial charge on any atom is 0.225 e. The lowest BCUT2D eigenvalue weighted by Gasteiger charge is -2.09. The predicted molar refractivity (Wildman–Crippen MR) is 121 cm³/mol. The molecule has 1 aromatic heterocycles. The van der Waals surface area contributed by atoms with Crippen molar-refractivity contribution in [2.45, 2.75) is 110 Å². The molecule has 1 aromatic rings. The van der Waals surface area contributed by atoms with Crippen LogP contribution in [-0.4, -0.2) is 23.1 Å². The van der Waals surface area contributed by atoms with Crippen molar-refractivity contribution in [3.63, 3.8) is 0 Å². The third-order valence-corrected chi connectivity index (χ3v) is 5.05. The van der Waals surface area contributed by atoms with Crippen LogP contribution in [0.4, 0.5) is 11.8 Å². The van der Waals surface area contributed by atoms with Crippen molar-refractivity contribution < 1.29 is 4.74 Å². The lowest BCUT2D eigenvalue weighted by molar-refractivity contribution is 0.298. The second-order valence-electron chi connectivity index (χ2n) is 7.82. The van der Waals surface area contributed by atoms with Crippen molar-refractivity contribution in [1.29, 1.82) is 0 Å². The second-order valence-corrected chi connectivity index (χ2v) is 7.82. The Morgan fingerprint density at radius 3 is 1.86 bits per heavy atom. The topological polar surface area (TPSA) is 73.1 Å². The molecule has 0 saturated heterocycles. The number of nitrogens with two attached hydrogens (primary N) is 1. The van der Waals surface area contributed by atoms with Gasteiger partial charge in [-0.25, -0.2) is 0 Å². The van der Waals surface area contributed by atoms with Crippen molar-refractivity contribution in [2.75, 3.05) is 24.2 Å². The Balaban J connectivity index is 1.97. The Kier molecular flexibility index (Phi) is 15.4. The summed E-state index contributed by atoms with van der Waals surface area (Å²) in [5.74, 6) is 1.59. The summed E-state index contributed by atoms with van der Waals surface area (Å²) >= 11 is 0. The molecule has 0 atom stereocenters. The first-order valence-corrected chi connectivity index (χ1v) is 11.8. The van der Waals surface area contributed by atoms with Crippen LogP contribution in [0.5, 0.6) is 5.88 Å². The summed E-state index contributed by atoms with van der Waals surface area (Å²) in [7, 11) is 0. The van der Waals surface area contributed by atoms with Gasteiger partial charge in [-0.2, -0.15) is 9.97 Å². The fourth-order valence-corrected chi connectivity index (χ4v) is 3.29. The van der Waals surface area contributed by atoms with Gasteiger partial charge in [-0.15, -0.1) is 0 Å². The van der Waals surface area contributed by atoms with Gasteiger partial charge in [-0.3, -0.25) is 0 Å². The van der Waals surface area contributed by atoms with Gasteiger partial charge in [-0.1, -0.05) is 97.3 Å². The van der Waals surface area contributed by atoms with Crippen LogP contribution in [0.2, 0.25) is 0 Å². The molecular weight excluding hydrogens is 348 g/mol. The van der Waals surface area contributed by atoms with Crippen LogP contribution < -0.4 is 15.8 Å². The number of unbranched alkanes of at least 4 members (excludes halogenated alkanes) is 13. The van der Waals surface area contributed by atoms with E-state index in [-0.39, 0.29) is 5.95 Å². The zero-order valence-corrected chi connectivity index (χ0v) is 18.5. The third-order valence-electron chi connectivity index (χ3n) is 5.05. The highest BCUT2D eigenvalue weighted by Gasteiger charge is 2.03. The smallest absolute Gasteiger partial charge is 0.225 e. The molecule has 0 aromatic carbocycles. The number of ether oxygens (including phenoxy) is 1. The molecule has 1 heterocycles. The average Bonchev–Trinajstić information content (AvgIpc) is 2.68. The van der Waals surface area contributed by atoms with Crippen LogP contribution in [0, 0.1) is 0 Å². The monoisotopic (exact) mass is 392 g/mol. The van der Waals surface area contributed by atoms with Gasteiger partial charge in [-0.05, 0) is 12.8 Å². The minimum absolute atomic E-state index is 0.266. The molecule has 0 fully saturated rings. The van der Waals surface area contributed by atoms with Crippen molar-refractivity contribution in [1.82, 2.24) is 9.97 Å². The zero-order chi connectivity index (χ0) is 20.3. The largest absolute Gasteiger partial charge is 0.477 e. The van der Waals surface area contributed by atoms with E-state index in [4.69, 9.17) is 10.5 Å². The molecule has 162 valence electrons. The van der Waals surface area contributed by atoms with Crippen LogP contribution in [-0.2, 0) is 0 Å². The van der Waals surface area contributed by atoms with Gasteiger partial charge in [0.05, 0.1) is 6.61 Å². The fraction of sp³-hybridized carbons (Fsp3) is 0.826. The summed E-state index contributed by atoms with van der Waals surface area (Å²) in [4.78, 5) is 8.36. The van der Waals surface area contributed by atoms with E-state index in [0.717, 1.165) is 31.6 Å². The molecule has 28 heavy (non-hydrogen) atoms. The Morgan fingerprint density at radius 2 is 1.29 bits per heavy atom. The second kappa shape index (κ2) is 17.6. The number of nitrogens with one attached hydrogen (secondary N) is 1. The maximum absolute atomic E-state index is 5.77. The molecule has 5 nitrogen and oxygen atoms in total. The summed E-state index contributed by atoms with van der Waals surface area (Å²) in [6.07, 6.45) is 20.0. The number of hydrogen-bond acceptors (Lipinski definition) is 5. The summed E-state index contributed by atoms with van der Waals surface area (Å²) in [6.45, 7) is 6.01. The highest BCUT2D eigenvalue weighted by molar-refractivity contribution is 5.42. The Hall–Kier alpha value is -1.52. The zero-order valence-electron chi connectivity index (χ0n) is 18.5. The summed E-state index contributed by atoms with van der Waals surface area (Å²) in [6, 6.07) is 1.84. The molecule has 0 aliphatic carbocycles. The molecule has 1 rings (SSSR count). The van der Waals surface area contributed by atoms with E-state index in [0.29, 0.717) is 12.5 Å². The van der Waals surface area contributed by atoms with Crippen molar-refractivity contribution in [2.24, 2.45) is 0 Å². The number of nitrogens with zero attached hydrogens (tertiary/aromatic N) is 2. The van der Waals surface area contributed by atoms with Crippen LogP contribution in [0.1, 0.15) is 110 Å². The molecule has 0 aliphatic rings. The van der Waals surface area contributed by atoms with Crippen LogP contribution in [0.3, 0.4) is 0 Å². The van der Waals surface area contributed by atoms with E-state index in [1.807, 2.05) is 6.07 Å². The van der Waals surface area contributed by atoms with Gasteiger partial charge >= 0.3 is 0 Å². The van der Waals surface area contributed by atoms with E-state index in [1.165, 1.54) is 77.0 Å². The Morgan fingerprint density at radius 1 is 0.750 bits per heavy atom. The molecule has 0 unspecified atom stereocenters. The lowest BCUT2D eigenvalue weighted by Crippen LogP contribution is -2.08. The van der Waals surface area contributed by atoms with Gasteiger partial charge in [0.2, 0.25) is 11.8 Å². The van der Waals surface area contributed by atoms with Crippen LogP contribution in [0.15, 0.2) is 6.07 Å². The van der Waals surface area contributed by atoms with Gasteiger partial charge in [0.1, 0.15) is 5.82 Å². The molecule has 0 bridgehead atoms. The fourth-order valence-electron chi connectivity index (χ4n) is 3.29. The summed E-state index contributed by atoms with van der Waals surface area (Å²) < 4.78 is 5.62. The molecule has 0 saturated carbocycles. The number of rotatable bonds is 19. The maximum atomic E-state index is 5.77. The first kappa shape index (κ1) is 24.5. The van der Waals surface area contributed by atoms with E-state index in [9.17, 15) is 0 Å². The Bertz CT molecular complexity index is 482. The normalized spacial score (nSPS) is 10.9. The van der Waals surface area contributed by atoms with Crippen LogP contribution >= 0.6 is 0 Å². The van der Waals surface area contributed by atoms with Crippen molar-refractivity contribution >= 4 is 11.8 Å². The molecule has 0 aliphatic heterocycles. The number of anilines is 2. The molecule has 0 radical (unpaired) electrons. The van der Waals surface area contributed by atoms with E-state index >= 15 is 0 Å². The highest BCUT2D eigenvalue weighted by Crippen LogP contribution is 2.16. The van der Waals surface area contributed by atoms with E-state index in [1.54, 1.807) is 0 Å². The summed E-state index contributed by atoms with van der Waals surface area (Å²) in [5, 5.41) is 3.34. The van der Waals surface area contributed by atoms with Gasteiger partial charge in [0.25, 0.3) is 0 Å². The number of aromatic nitrogens is 2. The van der Waals surface area contributed by atoms with Crippen LogP contribution in [0.25, 0.3) is 0 Å². The van der Waals surface area contributed by atoms with Gasteiger partial charge in [0, 0.05) is 12.6 Å². The Labute approximate surface area is 173 Å². The lowest BCUT2D eigenvalue weighted by atomic mass is 10.0. The molecule has 0 spiro atoms.